The van der Waals surface area contributed by atoms with Crippen molar-refractivity contribution in [1.29, 1.82) is 0 Å². The highest BCUT2D eigenvalue weighted by Gasteiger charge is 2.29. The Morgan fingerprint density at radius 3 is 2.64 bits per heavy atom. The molecule has 0 spiro atoms. The highest BCUT2D eigenvalue weighted by Crippen LogP contribution is 2.28. The molecule has 4 amide bonds. The number of para-hydroxylation sites is 1. The number of halogens is 1. The van der Waals surface area contributed by atoms with Gasteiger partial charge in [0.1, 0.15) is 24.7 Å². The summed E-state index contributed by atoms with van der Waals surface area (Å²) in [5, 5.41) is 6.28. The number of ether oxygens (including phenoxy) is 1. The van der Waals surface area contributed by atoms with Crippen molar-refractivity contribution in [2.75, 3.05) is 20.2 Å². The third-order valence-corrected chi connectivity index (χ3v) is 8.26. The molecule has 1 saturated carbocycles. The van der Waals surface area contributed by atoms with Crippen LogP contribution in [-0.4, -0.2) is 66.2 Å². The Balaban J connectivity index is 1.34. The summed E-state index contributed by atoms with van der Waals surface area (Å²) in [6.07, 6.45) is 6.84. The summed E-state index contributed by atoms with van der Waals surface area (Å²) in [5.74, 6) is 0.574. The van der Waals surface area contributed by atoms with E-state index in [1.807, 2.05) is 36.4 Å². The van der Waals surface area contributed by atoms with E-state index >= 15 is 0 Å². The Hall–Kier alpha value is -3.59. The van der Waals surface area contributed by atoms with Crippen LogP contribution < -0.4 is 15.4 Å². The van der Waals surface area contributed by atoms with Gasteiger partial charge in [0.25, 0.3) is 0 Å². The molecule has 2 aliphatic rings. The number of carbonyl (C=O) groups is 4. The number of benzene rings is 2. The van der Waals surface area contributed by atoms with Crippen molar-refractivity contribution < 1.29 is 23.9 Å². The monoisotopic (exact) mass is 596 g/mol. The zero-order valence-electron chi connectivity index (χ0n) is 24.2. The fourth-order valence-electron chi connectivity index (χ4n) is 5.66. The average molecular weight is 597 g/mol. The first-order valence-electron chi connectivity index (χ1n) is 14.8. The van der Waals surface area contributed by atoms with E-state index in [-0.39, 0.29) is 24.8 Å². The fourth-order valence-corrected chi connectivity index (χ4v) is 5.87. The first kappa shape index (κ1) is 31.3. The van der Waals surface area contributed by atoms with Gasteiger partial charge in [0, 0.05) is 37.1 Å². The van der Waals surface area contributed by atoms with E-state index in [9.17, 15) is 19.2 Å². The van der Waals surface area contributed by atoms with Gasteiger partial charge in [-0.2, -0.15) is 0 Å². The lowest BCUT2D eigenvalue weighted by molar-refractivity contribution is -0.132. The van der Waals surface area contributed by atoms with Crippen LogP contribution >= 0.6 is 11.6 Å². The zero-order valence-corrected chi connectivity index (χ0v) is 25.0. The highest BCUT2D eigenvalue weighted by atomic mass is 35.5. The molecule has 0 aromatic heterocycles. The third-order valence-electron chi connectivity index (χ3n) is 8.03. The Bertz CT molecular complexity index is 1230. The molecule has 10 heteroatoms. The second-order valence-corrected chi connectivity index (χ2v) is 11.7. The van der Waals surface area contributed by atoms with Crippen molar-refractivity contribution in [3.63, 3.8) is 0 Å². The number of nitrogens with one attached hydrogen (secondary N) is 2. The first-order chi connectivity index (χ1) is 20.3. The van der Waals surface area contributed by atoms with Gasteiger partial charge >= 0.3 is 6.03 Å². The van der Waals surface area contributed by atoms with Crippen LogP contribution in [0.15, 0.2) is 48.5 Å². The van der Waals surface area contributed by atoms with Crippen molar-refractivity contribution in [2.24, 2.45) is 5.92 Å². The number of aldehydes is 1. The lowest BCUT2D eigenvalue weighted by atomic mass is 9.84. The molecule has 1 heterocycles. The molecule has 1 fully saturated rings. The Morgan fingerprint density at radius 1 is 1.10 bits per heavy atom. The predicted molar refractivity (Wildman–Crippen MR) is 161 cm³/mol. The molecule has 0 radical (unpaired) electrons. The minimum Gasteiger partial charge on any atom is -0.491 e. The van der Waals surface area contributed by atoms with E-state index < -0.39 is 18.0 Å². The van der Waals surface area contributed by atoms with Crippen LogP contribution in [0, 0.1) is 5.92 Å². The maximum Gasteiger partial charge on any atom is 0.318 e. The molecule has 0 saturated heterocycles. The number of urea groups is 1. The molecular formula is C32H41ClN4O5. The van der Waals surface area contributed by atoms with Gasteiger partial charge in [0.05, 0.1) is 12.6 Å². The number of amides is 4. The number of carbonyl (C=O) groups excluding carboxylic acids is 4. The molecule has 42 heavy (non-hydrogen) atoms. The van der Waals surface area contributed by atoms with Gasteiger partial charge in [-0.3, -0.25) is 9.59 Å². The van der Waals surface area contributed by atoms with Crippen molar-refractivity contribution in [2.45, 2.75) is 76.5 Å². The van der Waals surface area contributed by atoms with E-state index in [2.05, 4.69) is 10.6 Å². The second kappa shape index (κ2) is 15.6. The van der Waals surface area contributed by atoms with E-state index in [1.54, 1.807) is 24.1 Å². The van der Waals surface area contributed by atoms with Gasteiger partial charge in [-0.1, -0.05) is 74.0 Å². The standard InChI is InChI=1S/C32H41ClN4O5/c1-36(20-24-10-7-12-26(33)18-24)32(41)35-28(19-23-8-3-2-4-9-23)31(40)34-27(22-38)14-15-30(39)37-16-17-42-29-13-6-5-11-25(29)21-37/h5-7,10-13,18,22-23,27-28H,2-4,8-9,14-17,19-21H2,1H3,(H,34,40)(H,35,41)/t27-,28-/m0/s1. The van der Waals surface area contributed by atoms with Crippen molar-refractivity contribution in [3.05, 3.63) is 64.7 Å². The van der Waals surface area contributed by atoms with Gasteiger partial charge in [-0.15, -0.1) is 0 Å². The summed E-state index contributed by atoms with van der Waals surface area (Å²) in [6, 6.07) is 12.9. The molecule has 1 aliphatic carbocycles. The molecule has 2 aromatic carbocycles. The maximum atomic E-state index is 13.4. The Kier molecular flexibility index (Phi) is 11.6. The number of nitrogens with zero attached hydrogens (tertiary/aromatic N) is 2. The molecule has 4 rings (SSSR count). The highest BCUT2D eigenvalue weighted by molar-refractivity contribution is 6.30. The Morgan fingerprint density at radius 2 is 1.88 bits per heavy atom. The minimum atomic E-state index is -0.841. The largest absolute Gasteiger partial charge is 0.491 e. The van der Waals surface area contributed by atoms with Crippen molar-refractivity contribution in [3.8, 4) is 5.75 Å². The maximum absolute atomic E-state index is 13.4. The summed E-state index contributed by atoms with van der Waals surface area (Å²) in [7, 11) is 1.66. The summed E-state index contributed by atoms with van der Waals surface area (Å²) in [6.45, 7) is 1.61. The van der Waals surface area contributed by atoms with E-state index in [1.165, 1.54) is 11.3 Å². The second-order valence-electron chi connectivity index (χ2n) is 11.3. The third kappa shape index (κ3) is 9.21. The van der Waals surface area contributed by atoms with Gasteiger partial charge < -0.3 is 30.0 Å². The molecule has 9 nitrogen and oxygen atoms in total. The lowest BCUT2D eigenvalue weighted by Gasteiger charge is -2.29. The number of fused-ring (bicyclic) bond motifs is 1. The zero-order chi connectivity index (χ0) is 29.9. The van der Waals surface area contributed by atoms with Crippen molar-refractivity contribution >= 4 is 35.7 Å². The normalized spacial score (nSPS) is 16.7. The van der Waals surface area contributed by atoms with Crippen LogP contribution in [0.2, 0.25) is 5.02 Å². The smallest absolute Gasteiger partial charge is 0.318 e. The first-order valence-corrected chi connectivity index (χ1v) is 15.2. The number of hydrogen-bond donors (Lipinski definition) is 2. The summed E-state index contributed by atoms with van der Waals surface area (Å²) in [5.41, 5.74) is 1.81. The molecule has 226 valence electrons. The number of rotatable bonds is 11. The van der Waals surface area contributed by atoms with Crippen molar-refractivity contribution in [1.82, 2.24) is 20.4 Å². The predicted octanol–water partition coefficient (Wildman–Crippen LogP) is 4.71. The Labute approximate surface area is 252 Å². The van der Waals surface area contributed by atoms with Crippen LogP contribution in [0.4, 0.5) is 4.79 Å². The summed E-state index contributed by atoms with van der Waals surface area (Å²) in [4.78, 5) is 54.8. The molecule has 2 aromatic rings. The molecular weight excluding hydrogens is 556 g/mol. The van der Waals surface area contributed by atoms with E-state index in [0.717, 1.165) is 42.6 Å². The quantitative estimate of drug-likeness (QED) is 0.366. The molecule has 1 aliphatic heterocycles. The molecule has 2 atom stereocenters. The van der Waals surface area contributed by atoms with Gasteiger partial charge in [0.2, 0.25) is 11.8 Å². The fraction of sp³-hybridized carbons (Fsp3) is 0.500. The van der Waals surface area contributed by atoms with Crippen LogP contribution in [0.5, 0.6) is 5.75 Å². The van der Waals surface area contributed by atoms with E-state index in [4.69, 9.17) is 16.3 Å². The molecule has 2 N–H and O–H groups in total. The topological polar surface area (TPSA) is 108 Å². The number of hydrogen-bond acceptors (Lipinski definition) is 5. The average Bonchev–Trinajstić information content (AvgIpc) is 3.22. The minimum absolute atomic E-state index is 0.105. The van der Waals surface area contributed by atoms with Crippen LogP contribution in [0.1, 0.15) is 62.5 Å². The van der Waals surface area contributed by atoms with Crippen LogP contribution in [0.3, 0.4) is 0 Å². The van der Waals surface area contributed by atoms with Gasteiger partial charge in [0.15, 0.2) is 0 Å². The van der Waals surface area contributed by atoms with Gasteiger partial charge in [-0.25, -0.2) is 4.79 Å². The van der Waals surface area contributed by atoms with Crippen LogP contribution in [0.25, 0.3) is 0 Å². The molecule has 0 unspecified atom stereocenters. The summed E-state index contributed by atoms with van der Waals surface area (Å²) >= 11 is 6.09. The summed E-state index contributed by atoms with van der Waals surface area (Å²) < 4.78 is 5.75. The lowest BCUT2D eigenvalue weighted by Crippen LogP contribution is -2.53. The van der Waals surface area contributed by atoms with E-state index in [0.29, 0.717) is 49.9 Å². The van der Waals surface area contributed by atoms with Crippen LogP contribution in [-0.2, 0) is 27.5 Å². The van der Waals surface area contributed by atoms with Gasteiger partial charge in [-0.05, 0) is 42.5 Å². The SMILES string of the molecule is CN(Cc1cccc(Cl)c1)C(=O)N[C@@H](CC1CCCCC1)C(=O)N[C@H](C=O)CCC(=O)N1CCOc2ccccc2C1. The molecule has 0 bridgehead atoms.